The molecule has 2 unspecified atom stereocenters. The molecule has 4 nitrogen and oxygen atoms in total. The van der Waals surface area contributed by atoms with Crippen molar-refractivity contribution in [2.75, 3.05) is 13.1 Å². The Bertz CT molecular complexity index is 416. The first-order valence-electron chi connectivity index (χ1n) is 7.95. The Morgan fingerprint density at radius 3 is 2.70 bits per heavy atom. The van der Waals surface area contributed by atoms with Gasteiger partial charge in [-0.05, 0) is 37.2 Å². The van der Waals surface area contributed by atoms with Gasteiger partial charge in [0.2, 0.25) is 0 Å². The molecule has 1 aliphatic carbocycles. The Hall–Kier alpha value is -1.00. The number of piperazine rings is 1. The van der Waals surface area contributed by atoms with Crippen molar-refractivity contribution in [2.45, 2.75) is 51.7 Å². The van der Waals surface area contributed by atoms with E-state index in [1.54, 1.807) is 0 Å². The maximum atomic E-state index is 4.40. The lowest BCUT2D eigenvalue weighted by atomic mass is 9.98. The molecule has 1 saturated heterocycles. The molecule has 3 rings (SSSR count). The lowest BCUT2D eigenvalue weighted by Gasteiger charge is -2.41. The summed E-state index contributed by atoms with van der Waals surface area (Å²) in [6.07, 6.45) is 7.74. The van der Waals surface area contributed by atoms with Crippen LogP contribution in [-0.4, -0.2) is 40.0 Å². The minimum Gasteiger partial charge on any atom is -0.311 e. The maximum absolute atomic E-state index is 4.40. The van der Waals surface area contributed by atoms with Crippen molar-refractivity contribution >= 4 is 0 Å². The van der Waals surface area contributed by atoms with E-state index in [1.165, 1.54) is 19.3 Å². The van der Waals surface area contributed by atoms with E-state index in [2.05, 4.69) is 34.0 Å². The number of nitrogens with zero attached hydrogens (tertiary/aromatic N) is 3. The molecule has 4 heteroatoms. The quantitative estimate of drug-likeness (QED) is 0.892. The SMILES string of the molecule is CC(C)CC1CN(Cc2ncccn2)C(C2CC2)CN1. The molecule has 2 heterocycles. The van der Waals surface area contributed by atoms with E-state index < -0.39 is 0 Å². The van der Waals surface area contributed by atoms with E-state index in [-0.39, 0.29) is 0 Å². The predicted octanol–water partition coefficient (Wildman–Crippen LogP) is 2.08. The van der Waals surface area contributed by atoms with Crippen LogP contribution >= 0.6 is 0 Å². The summed E-state index contributed by atoms with van der Waals surface area (Å²) in [5.74, 6) is 2.61. The zero-order valence-electron chi connectivity index (χ0n) is 12.6. The first-order chi connectivity index (χ1) is 9.72. The second-order valence-corrected chi connectivity index (χ2v) is 6.73. The average Bonchev–Trinajstić information content (AvgIpc) is 3.24. The summed E-state index contributed by atoms with van der Waals surface area (Å²) in [5.41, 5.74) is 0. The lowest BCUT2D eigenvalue weighted by molar-refractivity contribution is 0.0974. The predicted molar refractivity (Wildman–Crippen MR) is 80.2 cm³/mol. The number of nitrogens with one attached hydrogen (secondary N) is 1. The molecule has 0 bridgehead atoms. The Labute approximate surface area is 122 Å². The third-order valence-electron chi connectivity index (χ3n) is 4.43. The van der Waals surface area contributed by atoms with E-state index in [0.717, 1.165) is 37.3 Å². The molecule has 0 amide bonds. The fourth-order valence-corrected chi connectivity index (χ4v) is 3.35. The highest BCUT2D eigenvalue weighted by molar-refractivity contribution is 4.98. The molecule has 0 spiro atoms. The molecule has 20 heavy (non-hydrogen) atoms. The summed E-state index contributed by atoms with van der Waals surface area (Å²) in [6.45, 7) is 7.78. The first kappa shape index (κ1) is 14.0. The minimum absolute atomic E-state index is 0.619. The van der Waals surface area contributed by atoms with Gasteiger partial charge in [-0.25, -0.2) is 9.97 Å². The molecular weight excluding hydrogens is 248 g/mol. The second-order valence-electron chi connectivity index (χ2n) is 6.73. The second kappa shape index (κ2) is 6.19. The van der Waals surface area contributed by atoms with Crippen molar-refractivity contribution in [3.05, 3.63) is 24.3 Å². The molecule has 2 fully saturated rings. The fraction of sp³-hybridized carbons (Fsp3) is 0.750. The molecule has 2 atom stereocenters. The molecule has 1 aromatic heterocycles. The smallest absolute Gasteiger partial charge is 0.142 e. The molecule has 1 N–H and O–H groups in total. The van der Waals surface area contributed by atoms with E-state index in [4.69, 9.17) is 0 Å². The third-order valence-corrected chi connectivity index (χ3v) is 4.43. The van der Waals surface area contributed by atoms with Crippen LogP contribution in [0.4, 0.5) is 0 Å². The van der Waals surface area contributed by atoms with Gasteiger partial charge < -0.3 is 5.32 Å². The molecule has 1 aromatic rings. The van der Waals surface area contributed by atoms with Gasteiger partial charge in [0, 0.05) is 37.6 Å². The van der Waals surface area contributed by atoms with Crippen LogP contribution in [0, 0.1) is 11.8 Å². The van der Waals surface area contributed by atoms with Crippen LogP contribution in [0.15, 0.2) is 18.5 Å². The van der Waals surface area contributed by atoms with Crippen molar-refractivity contribution < 1.29 is 0 Å². The van der Waals surface area contributed by atoms with E-state index >= 15 is 0 Å². The minimum atomic E-state index is 0.619. The maximum Gasteiger partial charge on any atom is 0.142 e. The Balaban J connectivity index is 1.65. The van der Waals surface area contributed by atoms with Gasteiger partial charge in [0.15, 0.2) is 0 Å². The number of hydrogen-bond acceptors (Lipinski definition) is 4. The van der Waals surface area contributed by atoms with Gasteiger partial charge in [-0.1, -0.05) is 13.8 Å². The van der Waals surface area contributed by atoms with Gasteiger partial charge in [-0.15, -0.1) is 0 Å². The van der Waals surface area contributed by atoms with Gasteiger partial charge in [0.05, 0.1) is 6.54 Å². The van der Waals surface area contributed by atoms with Gasteiger partial charge in [0.1, 0.15) is 5.82 Å². The van der Waals surface area contributed by atoms with Crippen LogP contribution in [0.3, 0.4) is 0 Å². The summed E-state index contributed by atoms with van der Waals surface area (Å²) < 4.78 is 0. The van der Waals surface area contributed by atoms with Gasteiger partial charge in [-0.2, -0.15) is 0 Å². The van der Waals surface area contributed by atoms with Crippen LogP contribution < -0.4 is 5.32 Å². The van der Waals surface area contributed by atoms with Crippen LogP contribution in [0.5, 0.6) is 0 Å². The molecule has 110 valence electrons. The Morgan fingerprint density at radius 2 is 2.05 bits per heavy atom. The summed E-state index contributed by atoms with van der Waals surface area (Å²) in [5, 5.41) is 3.76. The highest BCUT2D eigenvalue weighted by Crippen LogP contribution is 2.36. The molecular formula is C16H26N4. The van der Waals surface area contributed by atoms with Crippen molar-refractivity contribution in [3.63, 3.8) is 0 Å². The molecule has 0 radical (unpaired) electrons. The highest BCUT2D eigenvalue weighted by Gasteiger charge is 2.38. The lowest BCUT2D eigenvalue weighted by Crippen LogP contribution is -2.57. The molecule has 1 saturated carbocycles. The van der Waals surface area contributed by atoms with Gasteiger partial charge in [0.25, 0.3) is 0 Å². The topological polar surface area (TPSA) is 41.1 Å². The van der Waals surface area contributed by atoms with Crippen LogP contribution in [0.25, 0.3) is 0 Å². The van der Waals surface area contributed by atoms with Crippen LogP contribution in [0.2, 0.25) is 0 Å². The number of aromatic nitrogens is 2. The van der Waals surface area contributed by atoms with Crippen LogP contribution in [0.1, 0.15) is 38.9 Å². The van der Waals surface area contributed by atoms with Gasteiger partial charge >= 0.3 is 0 Å². The Kier molecular flexibility index (Phi) is 4.32. The summed E-state index contributed by atoms with van der Waals surface area (Å²) in [6, 6.07) is 3.19. The normalized spacial score (nSPS) is 27.9. The van der Waals surface area contributed by atoms with Gasteiger partial charge in [-0.3, -0.25) is 4.90 Å². The van der Waals surface area contributed by atoms with E-state index in [1.807, 2.05) is 18.5 Å². The molecule has 1 aliphatic heterocycles. The fourth-order valence-electron chi connectivity index (χ4n) is 3.35. The van der Waals surface area contributed by atoms with E-state index in [9.17, 15) is 0 Å². The average molecular weight is 274 g/mol. The number of hydrogen-bond donors (Lipinski definition) is 1. The summed E-state index contributed by atoms with van der Waals surface area (Å²) in [7, 11) is 0. The zero-order valence-corrected chi connectivity index (χ0v) is 12.6. The first-order valence-corrected chi connectivity index (χ1v) is 7.95. The van der Waals surface area contributed by atoms with Crippen molar-refractivity contribution in [3.8, 4) is 0 Å². The van der Waals surface area contributed by atoms with E-state index in [0.29, 0.717) is 12.1 Å². The van der Waals surface area contributed by atoms with Crippen molar-refractivity contribution in [1.82, 2.24) is 20.2 Å². The monoisotopic (exact) mass is 274 g/mol. The largest absolute Gasteiger partial charge is 0.311 e. The van der Waals surface area contributed by atoms with Crippen molar-refractivity contribution in [2.24, 2.45) is 11.8 Å². The van der Waals surface area contributed by atoms with Crippen molar-refractivity contribution in [1.29, 1.82) is 0 Å². The standard InChI is InChI=1S/C16H26N4/c1-12(2)8-14-10-20(11-16-17-6-3-7-18-16)15(9-19-14)13-4-5-13/h3,6-7,12-15,19H,4-5,8-11H2,1-2H3. The summed E-state index contributed by atoms with van der Waals surface area (Å²) in [4.78, 5) is 11.4. The zero-order chi connectivity index (χ0) is 13.9. The molecule has 0 aromatic carbocycles. The van der Waals surface area contributed by atoms with Crippen LogP contribution in [-0.2, 0) is 6.54 Å². The number of rotatable bonds is 5. The molecule has 2 aliphatic rings. The highest BCUT2D eigenvalue weighted by atomic mass is 15.3. The Morgan fingerprint density at radius 1 is 1.30 bits per heavy atom. The third kappa shape index (κ3) is 3.55. The summed E-state index contributed by atoms with van der Waals surface area (Å²) >= 11 is 0.